The number of nitrogens with zero attached hydrogens (tertiary/aromatic N) is 3. The SMILES string of the molecule is COc1cccc(NC(=O)CSc2nnc(COc3c(C)cccc3C)n2N)c1. The molecule has 1 aromatic heterocycles. The number of nitrogens with one attached hydrogen (secondary N) is 1. The fraction of sp³-hybridized carbons (Fsp3) is 0.250. The van der Waals surface area contributed by atoms with E-state index >= 15 is 0 Å². The predicted octanol–water partition coefficient (Wildman–Crippen LogP) is 2.93. The van der Waals surface area contributed by atoms with E-state index in [1.54, 1.807) is 25.3 Å². The van der Waals surface area contributed by atoms with E-state index in [1.165, 1.54) is 16.4 Å². The minimum atomic E-state index is -0.181. The molecular formula is C20H23N5O3S. The van der Waals surface area contributed by atoms with Crippen LogP contribution in [0.5, 0.6) is 11.5 Å². The highest BCUT2D eigenvalue weighted by molar-refractivity contribution is 7.99. The fourth-order valence-electron chi connectivity index (χ4n) is 2.70. The van der Waals surface area contributed by atoms with Crippen molar-refractivity contribution in [2.24, 2.45) is 0 Å². The molecule has 3 N–H and O–H groups in total. The molecule has 0 unspecified atom stereocenters. The Morgan fingerprint density at radius 1 is 1.17 bits per heavy atom. The second-order valence-electron chi connectivity index (χ2n) is 6.35. The average Bonchev–Trinajstić information content (AvgIpc) is 3.06. The number of carbonyl (C=O) groups excluding carboxylic acids is 1. The lowest BCUT2D eigenvalue weighted by Crippen LogP contribution is -2.18. The third-order valence-electron chi connectivity index (χ3n) is 4.18. The van der Waals surface area contributed by atoms with E-state index in [4.69, 9.17) is 15.3 Å². The minimum absolute atomic E-state index is 0.143. The Morgan fingerprint density at radius 2 is 1.90 bits per heavy atom. The van der Waals surface area contributed by atoms with Crippen molar-refractivity contribution in [3.63, 3.8) is 0 Å². The van der Waals surface area contributed by atoms with Crippen molar-refractivity contribution < 1.29 is 14.3 Å². The highest BCUT2D eigenvalue weighted by Gasteiger charge is 2.14. The average molecular weight is 414 g/mol. The Kier molecular flexibility index (Phi) is 6.61. The first-order valence-electron chi connectivity index (χ1n) is 8.93. The second-order valence-corrected chi connectivity index (χ2v) is 7.29. The van der Waals surface area contributed by atoms with Crippen LogP contribution in [0.4, 0.5) is 5.69 Å². The van der Waals surface area contributed by atoms with Gasteiger partial charge in [-0.05, 0) is 37.1 Å². The largest absolute Gasteiger partial charge is 0.497 e. The summed E-state index contributed by atoms with van der Waals surface area (Å²) >= 11 is 1.20. The molecule has 1 heterocycles. The zero-order valence-corrected chi connectivity index (χ0v) is 17.3. The van der Waals surface area contributed by atoms with E-state index in [0.717, 1.165) is 16.9 Å². The molecular weight excluding hydrogens is 390 g/mol. The standard InChI is InChI=1S/C20H23N5O3S/c1-13-6-4-7-14(2)19(13)28-11-17-23-24-20(25(17)21)29-12-18(26)22-15-8-5-9-16(10-15)27-3/h4-10H,11-12,21H2,1-3H3,(H,22,26). The fourth-order valence-corrected chi connectivity index (χ4v) is 3.37. The number of amides is 1. The summed E-state index contributed by atoms with van der Waals surface area (Å²) in [4.78, 5) is 12.2. The van der Waals surface area contributed by atoms with Gasteiger partial charge in [-0.2, -0.15) is 0 Å². The number of carbonyl (C=O) groups is 1. The highest BCUT2D eigenvalue weighted by Crippen LogP contribution is 2.24. The summed E-state index contributed by atoms with van der Waals surface area (Å²) in [6.07, 6.45) is 0. The lowest BCUT2D eigenvalue weighted by molar-refractivity contribution is -0.113. The number of methoxy groups -OCH3 is 1. The van der Waals surface area contributed by atoms with Crippen molar-refractivity contribution >= 4 is 23.4 Å². The Labute approximate surface area is 173 Å². The minimum Gasteiger partial charge on any atom is -0.497 e. The monoisotopic (exact) mass is 413 g/mol. The number of benzene rings is 2. The number of rotatable bonds is 8. The number of ether oxygens (including phenoxy) is 2. The van der Waals surface area contributed by atoms with E-state index in [0.29, 0.717) is 22.4 Å². The molecule has 152 valence electrons. The van der Waals surface area contributed by atoms with Crippen LogP contribution in [0.25, 0.3) is 0 Å². The summed E-state index contributed by atoms with van der Waals surface area (Å²) in [6, 6.07) is 13.1. The smallest absolute Gasteiger partial charge is 0.234 e. The zero-order valence-electron chi connectivity index (χ0n) is 16.5. The first-order valence-corrected chi connectivity index (χ1v) is 9.91. The van der Waals surface area contributed by atoms with Crippen molar-refractivity contribution in [3.05, 3.63) is 59.4 Å². The molecule has 9 heteroatoms. The van der Waals surface area contributed by atoms with E-state index in [9.17, 15) is 4.79 Å². The van der Waals surface area contributed by atoms with Crippen molar-refractivity contribution in [3.8, 4) is 11.5 Å². The summed E-state index contributed by atoms with van der Waals surface area (Å²) < 4.78 is 12.4. The second kappa shape index (κ2) is 9.33. The summed E-state index contributed by atoms with van der Waals surface area (Å²) in [7, 11) is 1.58. The third kappa shape index (κ3) is 5.20. The maximum Gasteiger partial charge on any atom is 0.234 e. The van der Waals surface area contributed by atoms with Gasteiger partial charge in [0.25, 0.3) is 0 Å². The summed E-state index contributed by atoms with van der Waals surface area (Å²) in [5.74, 6) is 7.98. The predicted molar refractivity (Wildman–Crippen MR) is 113 cm³/mol. The molecule has 0 atom stereocenters. The molecule has 0 bridgehead atoms. The maximum absolute atomic E-state index is 12.2. The van der Waals surface area contributed by atoms with Gasteiger partial charge in [-0.15, -0.1) is 10.2 Å². The summed E-state index contributed by atoms with van der Waals surface area (Å²) in [5, 5.41) is 11.4. The number of aromatic nitrogens is 3. The molecule has 29 heavy (non-hydrogen) atoms. The van der Waals surface area contributed by atoms with E-state index in [2.05, 4.69) is 15.5 Å². The first kappa shape index (κ1) is 20.5. The van der Waals surface area contributed by atoms with Gasteiger partial charge >= 0.3 is 0 Å². The van der Waals surface area contributed by atoms with Crippen LogP contribution in [-0.4, -0.2) is 33.6 Å². The number of aryl methyl sites for hydroxylation is 2. The van der Waals surface area contributed by atoms with E-state index in [1.807, 2.05) is 38.1 Å². The maximum atomic E-state index is 12.2. The Balaban J connectivity index is 1.56. The van der Waals surface area contributed by atoms with Gasteiger partial charge < -0.3 is 20.6 Å². The van der Waals surface area contributed by atoms with Gasteiger partial charge in [0, 0.05) is 11.8 Å². The number of nitrogens with two attached hydrogens (primary N) is 1. The van der Waals surface area contributed by atoms with Crippen LogP contribution in [0.15, 0.2) is 47.6 Å². The Bertz CT molecular complexity index is 985. The quantitative estimate of drug-likeness (QED) is 0.432. The van der Waals surface area contributed by atoms with Crippen LogP contribution < -0.4 is 20.6 Å². The van der Waals surface area contributed by atoms with Gasteiger partial charge in [-0.25, -0.2) is 4.68 Å². The van der Waals surface area contributed by atoms with Crippen LogP contribution in [0.2, 0.25) is 0 Å². The van der Waals surface area contributed by atoms with Gasteiger partial charge in [0.15, 0.2) is 5.82 Å². The first-order chi connectivity index (χ1) is 14.0. The normalized spacial score (nSPS) is 10.6. The number of nitrogen functional groups attached to an aromatic ring is 1. The van der Waals surface area contributed by atoms with Gasteiger partial charge in [-0.3, -0.25) is 4.79 Å². The third-order valence-corrected chi connectivity index (χ3v) is 5.12. The lowest BCUT2D eigenvalue weighted by Gasteiger charge is -2.11. The topological polar surface area (TPSA) is 104 Å². The van der Waals surface area contributed by atoms with Gasteiger partial charge in [0.1, 0.15) is 18.1 Å². The highest BCUT2D eigenvalue weighted by atomic mass is 32.2. The molecule has 2 aromatic carbocycles. The number of thioether (sulfide) groups is 1. The van der Waals surface area contributed by atoms with Crippen LogP contribution in [0, 0.1) is 13.8 Å². The number of hydrogen-bond donors (Lipinski definition) is 2. The van der Waals surface area contributed by atoms with Crippen molar-refractivity contribution in [1.29, 1.82) is 0 Å². The molecule has 3 aromatic rings. The van der Waals surface area contributed by atoms with Crippen LogP contribution in [0.1, 0.15) is 17.0 Å². The van der Waals surface area contributed by atoms with Crippen molar-refractivity contribution in [2.45, 2.75) is 25.6 Å². The molecule has 0 radical (unpaired) electrons. The molecule has 1 amide bonds. The van der Waals surface area contributed by atoms with Crippen LogP contribution >= 0.6 is 11.8 Å². The molecule has 0 fully saturated rings. The number of hydrogen-bond acceptors (Lipinski definition) is 7. The number of para-hydroxylation sites is 1. The van der Waals surface area contributed by atoms with Crippen molar-refractivity contribution in [1.82, 2.24) is 14.9 Å². The van der Waals surface area contributed by atoms with E-state index in [-0.39, 0.29) is 18.3 Å². The molecule has 3 rings (SSSR count). The summed E-state index contributed by atoms with van der Waals surface area (Å²) in [6.45, 7) is 4.15. The molecule has 0 saturated heterocycles. The molecule has 0 saturated carbocycles. The number of anilines is 1. The van der Waals surface area contributed by atoms with Crippen LogP contribution in [-0.2, 0) is 11.4 Å². The van der Waals surface area contributed by atoms with Crippen molar-refractivity contribution in [2.75, 3.05) is 24.0 Å². The molecule has 0 aliphatic rings. The lowest BCUT2D eigenvalue weighted by atomic mass is 10.1. The summed E-state index contributed by atoms with van der Waals surface area (Å²) in [5.41, 5.74) is 2.74. The molecule has 0 aliphatic carbocycles. The molecule has 0 spiro atoms. The van der Waals surface area contributed by atoms with Gasteiger partial charge in [0.2, 0.25) is 11.1 Å². The zero-order chi connectivity index (χ0) is 20.8. The van der Waals surface area contributed by atoms with Gasteiger partial charge in [-0.1, -0.05) is 36.0 Å². The van der Waals surface area contributed by atoms with Gasteiger partial charge in [0.05, 0.1) is 12.9 Å². The Morgan fingerprint density at radius 3 is 2.62 bits per heavy atom. The van der Waals surface area contributed by atoms with E-state index < -0.39 is 0 Å². The molecule has 0 aliphatic heterocycles. The molecule has 8 nitrogen and oxygen atoms in total. The van der Waals surface area contributed by atoms with Crippen LogP contribution in [0.3, 0.4) is 0 Å². The Hall–Kier alpha value is -3.20.